The number of benzene rings is 1. The number of hydrogen-bond acceptors (Lipinski definition) is 2. The Kier molecular flexibility index (Phi) is 6.76. The molecular formula is C17H23ClO3. The highest BCUT2D eigenvalue weighted by molar-refractivity contribution is 6.32. The van der Waals surface area contributed by atoms with Crippen LogP contribution in [0.4, 0.5) is 0 Å². The molecule has 1 aromatic rings. The van der Waals surface area contributed by atoms with Crippen LogP contribution in [0.5, 0.6) is 5.75 Å². The van der Waals surface area contributed by atoms with Gasteiger partial charge in [0.1, 0.15) is 5.75 Å². The summed E-state index contributed by atoms with van der Waals surface area (Å²) in [6.07, 6.45) is 3.69. The minimum Gasteiger partial charge on any atom is -0.493 e. The smallest absolute Gasteiger partial charge is 0.328 e. The van der Waals surface area contributed by atoms with Crippen molar-refractivity contribution in [3.05, 3.63) is 33.9 Å². The third kappa shape index (κ3) is 4.50. The van der Waals surface area contributed by atoms with Crippen LogP contribution >= 0.6 is 11.6 Å². The van der Waals surface area contributed by atoms with Gasteiger partial charge in [-0.15, -0.1) is 0 Å². The van der Waals surface area contributed by atoms with Gasteiger partial charge >= 0.3 is 5.97 Å². The normalized spacial score (nSPS) is 11.6. The Morgan fingerprint density at radius 1 is 1.33 bits per heavy atom. The van der Waals surface area contributed by atoms with Crippen molar-refractivity contribution in [3.63, 3.8) is 0 Å². The molecule has 21 heavy (non-hydrogen) atoms. The van der Waals surface area contributed by atoms with Gasteiger partial charge in [-0.3, -0.25) is 0 Å². The van der Waals surface area contributed by atoms with E-state index in [0.717, 1.165) is 40.9 Å². The number of aliphatic carboxylic acids is 1. The Hall–Kier alpha value is -1.48. The topological polar surface area (TPSA) is 46.5 Å². The maximum atomic E-state index is 11.1. The van der Waals surface area contributed by atoms with E-state index >= 15 is 0 Å². The number of aryl methyl sites for hydroxylation is 1. The molecule has 0 fully saturated rings. The summed E-state index contributed by atoms with van der Waals surface area (Å²) in [6.45, 7) is 8.50. The van der Waals surface area contributed by atoms with Crippen LogP contribution in [-0.2, 0) is 4.79 Å². The van der Waals surface area contributed by atoms with Crippen LogP contribution in [0, 0.1) is 13.8 Å². The molecule has 0 bridgehead atoms. The van der Waals surface area contributed by atoms with Gasteiger partial charge in [0.2, 0.25) is 0 Å². The largest absolute Gasteiger partial charge is 0.493 e. The van der Waals surface area contributed by atoms with Gasteiger partial charge in [-0.1, -0.05) is 31.9 Å². The van der Waals surface area contributed by atoms with Crippen molar-refractivity contribution < 1.29 is 14.6 Å². The standard InChI is InChI=1S/C17H23ClO3/c1-5-7-13(10-15(19)20)16-12(4)17(18)11(3)9-14(16)21-8-6-2/h9-10H,5-8H2,1-4H3,(H,19,20)/b13-10+. The van der Waals surface area contributed by atoms with Crippen LogP contribution in [0.1, 0.15) is 49.8 Å². The zero-order valence-corrected chi connectivity index (χ0v) is 13.9. The van der Waals surface area contributed by atoms with E-state index in [-0.39, 0.29) is 0 Å². The van der Waals surface area contributed by atoms with Crippen LogP contribution in [0.2, 0.25) is 5.02 Å². The number of carboxylic acids is 1. The van der Waals surface area contributed by atoms with Crippen molar-refractivity contribution in [2.75, 3.05) is 6.61 Å². The van der Waals surface area contributed by atoms with Crippen molar-refractivity contribution in [1.29, 1.82) is 0 Å². The van der Waals surface area contributed by atoms with Gasteiger partial charge in [-0.2, -0.15) is 0 Å². The summed E-state index contributed by atoms with van der Waals surface area (Å²) in [7, 11) is 0. The molecule has 0 aliphatic carbocycles. The minimum atomic E-state index is -0.948. The summed E-state index contributed by atoms with van der Waals surface area (Å²) in [5.74, 6) is -0.229. The number of ether oxygens (including phenoxy) is 1. The van der Waals surface area contributed by atoms with Crippen molar-refractivity contribution in [2.24, 2.45) is 0 Å². The Balaban J connectivity index is 3.48. The molecule has 1 aromatic carbocycles. The molecule has 0 saturated heterocycles. The molecule has 0 aromatic heterocycles. The summed E-state index contributed by atoms with van der Waals surface area (Å²) in [4.78, 5) is 11.1. The molecule has 1 N–H and O–H groups in total. The van der Waals surface area contributed by atoms with E-state index in [1.807, 2.05) is 33.8 Å². The van der Waals surface area contributed by atoms with Gasteiger partial charge in [0.05, 0.1) is 6.61 Å². The maximum absolute atomic E-state index is 11.1. The zero-order chi connectivity index (χ0) is 16.0. The third-order valence-electron chi connectivity index (χ3n) is 3.24. The van der Waals surface area contributed by atoms with Gasteiger partial charge in [0.25, 0.3) is 0 Å². The molecule has 0 aliphatic heterocycles. The predicted octanol–water partition coefficient (Wildman–Crippen LogP) is 5.01. The average Bonchev–Trinajstić information content (AvgIpc) is 2.41. The van der Waals surface area contributed by atoms with E-state index in [1.165, 1.54) is 6.08 Å². The van der Waals surface area contributed by atoms with Gasteiger partial charge in [0.15, 0.2) is 0 Å². The highest BCUT2D eigenvalue weighted by Crippen LogP contribution is 2.38. The highest BCUT2D eigenvalue weighted by atomic mass is 35.5. The van der Waals surface area contributed by atoms with Crippen molar-refractivity contribution in [2.45, 2.75) is 47.0 Å². The fourth-order valence-corrected chi connectivity index (χ4v) is 2.48. The van der Waals surface area contributed by atoms with Gasteiger partial charge in [0, 0.05) is 16.7 Å². The zero-order valence-electron chi connectivity index (χ0n) is 13.1. The molecule has 0 radical (unpaired) electrons. The Morgan fingerprint density at radius 2 is 2.00 bits per heavy atom. The number of carboxylic acid groups (broad SMARTS) is 1. The number of rotatable bonds is 7. The molecule has 0 aliphatic rings. The van der Waals surface area contributed by atoms with Crippen LogP contribution in [-0.4, -0.2) is 17.7 Å². The first-order valence-corrected chi connectivity index (χ1v) is 7.66. The predicted molar refractivity (Wildman–Crippen MR) is 87.2 cm³/mol. The van der Waals surface area contributed by atoms with Crippen LogP contribution < -0.4 is 4.74 Å². The lowest BCUT2D eigenvalue weighted by Crippen LogP contribution is -2.03. The molecule has 4 heteroatoms. The van der Waals surface area contributed by atoms with E-state index in [4.69, 9.17) is 21.4 Å². The number of halogens is 1. The highest BCUT2D eigenvalue weighted by Gasteiger charge is 2.17. The van der Waals surface area contributed by atoms with Crippen molar-refractivity contribution >= 4 is 23.1 Å². The number of carbonyl (C=O) groups is 1. The summed E-state index contributed by atoms with van der Waals surface area (Å²) in [5, 5.41) is 9.77. The third-order valence-corrected chi connectivity index (χ3v) is 3.83. The fourth-order valence-electron chi connectivity index (χ4n) is 2.34. The van der Waals surface area contributed by atoms with Crippen molar-refractivity contribution in [1.82, 2.24) is 0 Å². The molecule has 0 heterocycles. The Morgan fingerprint density at radius 3 is 2.52 bits per heavy atom. The molecule has 116 valence electrons. The van der Waals surface area contributed by atoms with E-state index in [0.29, 0.717) is 18.1 Å². The van der Waals surface area contributed by atoms with Crippen LogP contribution in [0.15, 0.2) is 12.1 Å². The lowest BCUT2D eigenvalue weighted by molar-refractivity contribution is -0.131. The quantitative estimate of drug-likeness (QED) is 0.720. The second-order valence-corrected chi connectivity index (χ2v) is 5.49. The Labute approximate surface area is 131 Å². The summed E-state index contributed by atoms with van der Waals surface area (Å²) in [6, 6.07) is 1.89. The first kappa shape index (κ1) is 17.6. The molecular weight excluding hydrogens is 288 g/mol. The van der Waals surface area contributed by atoms with E-state index < -0.39 is 5.97 Å². The number of hydrogen-bond donors (Lipinski definition) is 1. The van der Waals surface area contributed by atoms with Gasteiger partial charge < -0.3 is 9.84 Å². The van der Waals surface area contributed by atoms with E-state index in [1.54, 1.807) is 0 Å². The minimum absolute atomic E-state index is 0.597. The lowest BCUT2D eigenvalue weighted by atomic mass is 9.94. The first-order valence-electron chi connectivity index (χ1n) is 7.28. The molecule has 0 amide bonds. The van der Waals surface area contributed by atoms with Crippen LogP contribution in [0.25, 0.3) is 5.57 Å². The summed E-state index contributed by atoms with van der Waals surface area (Å²) in [5.41, 5.74) is 3.40. The SMILES string of the molecule is CCCOc1cc(C)c(Cl)c(C)c1/C(=C/C(=O)O)CCC. The Bertz CT molecular complexity index is 547. The first-order chi connectivity index (χ1) is 9.92. The second-order valence-electron chi connectivity index (χ2n) is 5.11. The average molecular weight is 311 g/mol. The second kappa shape index (κ2) is 8.08. The summed E-state index contributed by atoms with van der Waals surface area (Å²) < 4.78 is 5.82. The molecule has 3 nitrogen and oxygen atoms in total. The van der Waals surface area contributed by atoms with Gasteiger partial charge in [-0.25, -0.2) is 4.79 Å². The fraction of sp³-hybridized carbons (Fsp3) is 0.471. The van der Waals surface area contributed by atoms with Crippen LogP contribution in [0.3, 0.4) is 0 Å². The monoisotopic (exact) mass is 310 g/mol. The molecule has 1 rings (SSSR count). The lowest BCUT2D eigenvalue weighted by Gasteiger charge is -2.18. The molecule has 0 spiro atoms. The molecule has 0 saturated carbocycles. The molecule has 0 unspecified atom stereocenters. The van der Waals surface area contributed by atoms with E-state index in [9.17, 15) is 4.79 Å². The summed E-state index contributed by atoms with van der Waals surface area (Å²) >= 11 is 6.34. The maximum Gasteiger partial charge on any atom is 0.328 e. The molecule has 0 atom stereocenters. The van der Waals surface area contributed by atoms with Crippen molar-refractivity contribution in [3.8, 4) is 5.75 Å². The van der Waals surface area contributed by atoms with E-state index in [2.05, 4.69) is 0 Å². The van der Waals surface area contributed by atoms with Gasteiger partial charge in [-0.05, 0) is 49.5 Å². The number of allylic oxidation sites excluding steroid dienone is 1.